The van der Waals surface area contributed by atoms with Crippen LogP contribution in [0.15, 0.2) is 41.4 Å². The number of hydrogen-bond donors (Lipinski definition) is 2. The molecule has 1 saturated heterocycles. The predicted molar refractivity (Wildman–Crippen MR) is 131 cm³/mol. The number of nitrogens with one attached hydrogen (secondary N) is 2. The van der Waals surface area contributed by atoms with E-state index in [2.05, 4.69) is 37.8 Å². The van der Waals surface area contributed by atoms with Gasteiger partial charge in [0, 0.05) is 50.0 Å². The van der Waals surface area contributed by atoms with Gasteiger partial charge in [-0.25, -0.2) is 0 Å². The lowest BCUT2D eigenvalue weighted by molar-refractivity contribution is 0.0940. The van der Waals surface area contributed by atoms with E-state index in [1.807, 2.05) is 46.0 Å². The summed E-state index contributed by atoms with van der Waals surface area (Å²) < 4.78 is 5.07. The number of nitriles is 1. The largest absolute Gasteiger partial charge is 0.367 e. The van der Waals surface area contributed by atoms with Crippen molar-refractivity contribution in [2.75, 3.05) is 31.1 Å². The van der Waals surface area contributed by atoms with Crippen molar-refractivity contribution < 1.29 is 9.32 Å². The van der Waals surface area contributed by atoms with E-state index in [0.717, 1.165) is 59.7 Å². The SMILES string of the molecule is Cc1cc(-c2c(C#N)cncc2N2CCNCC2)ccc1CNC(=O)c1nocc1C(C)(C)C. The van der Waals surface area contributed by atoms with Gasteiger partial charge in [-0.15, -0.1) is 0 Å². The molecule has 0 unspecified atom stereocenters. The van der Waals surface area contributed by atoms with Gasteiger partial charge in [0.1, 0.15) is 12.3 Å². The van der Waals surface area contributed by atoms with Crippen LogP contribution < -0.4 is 15.5 Å². The third-order valence-corrected chi connectivity index (χ3v) is 6.17. The fourth-order valence-corrected chi connectivity index (χ4v) is 4.22. The zero-order chi connectivity index (χ0) is 24.3. The molecule has 0 bridgehead atoms. The number of pyridine rings is 1. The Hall–Kier alpha value is -3.70. The lowest BCUT2D eigenvalue weighted by atomic mass is 9.87. The maximum absolute atomic E-state index is 12.8. The normalized spacial score (nSPS) is 14.0. The number of anilines is 1. The van der Waals surface area contributed by atoms with Gasteiger partial charge in [0.05, 0.1) is 17.4 Å². The van der Waals surface area contributed by atoms with E-state index in [1.165, 1.54) is 6.26 Å². The van der Waals surface area contributed by atoms with Gasteiger partial charge in [0.25, 0.3) is 5.91 Å². The molecule has 1 amide bonds. The minimum Gasteiger partial charge on any atom is -0.367 e. The van der Waals surface area contributed by atoms with Crippen LogP contribution in [0.2, 0.25) is 0 Å². The second-order valence-corrected chi connectivity index (χ2v) is 9.58. The van der Waals surface area contributed by atoms with Gasteiger partial charge < -0.3 is 20.1 Å². The van der Waals surface area contributed by atoms with E-state index in [0.29, 0.717) is 17.8 Å². The first-order valence-electron chi connectivity index (χ1n) is 11.5. The van der Waals surface area contributed by atoms with Gasteiger partial charge in [0.15, 0.2) is 5.69 Å². The first-order chi connectivity index (χ1) is 16.3. The van der Waals surface area contributed by atoms with Crippen molar-refractivity contribution in [1.82, 2.24) is 20.8 Å². The summed E-state index contributed by atoms with van der Waals surface area (Å²) >= 11 is 0. The second kappa shape index (κ2) is 9.65. The molecule has 2 aromatic heterocycles. The molecule has 176 valence electrons. The molecule has 8 nitrogen and oxygen atoms in total. The standard InChI is InChI=1S/C26H30N6O2/c1-17-11-18(23-20(12-27)13-29-15-22(23)32-9-7-28-8-10-32)5-6-19(17)14-30-25(33)24-21(16-34-31-24)26(2,3)4/h5-6,11,13,15-16,28H,7-10,14H2,1-4H3,(H,30,33). The molecule has 3 heterocycles. The lowest BCUT2D eigenvalue weighted by Gasteiger charge is -2.31. The summed E-state index contributed by atoms with van der Waals surface area (Å²) in [4.78, 5) is 19.3. The third-order valence-electron chi connectivity index (χ3n) is 6.17. The molecule has 8 heteroatoms. The Morgan fingerprint density at radius 3 is 2.71 bits per heavy atom. The van der Waals surface area contributed by atoms with Crippen molar-refractivity contribution >= 4 is 11.6 Å². The number of carbonyl (C=O) groups excluding carboxylic acids is 1. The fourth-order valence-electron chi connectivity index (χ4n) is 4.22. The van der Waals surface area contributed by atoms with Crippen LogP contribution in [0.4, 0.5) is 5.69 Å². The summed E-state index contributed by atoms with van der Waals surface area (Å²) in [5.41, 5.74) is 6.27. The molecule has 4 rings (SSSR count). The summed E-state index contributed by atoms with van der Waals surface area (Å²) in [6.45, 7) is 12.0. The molecule has 2 N–H and O–H groups in total. The van der Waals surface area contributed by atoms with Crippen molar-refractivity contribution in [1.29, 1.82) is 5.26 Å². The molecule has 1 aromatic carbocycles. The molecular weight excluding hydrogens is 428 g/mol. The molecule has 0 spiro atoms. The maximum Gasteiger partial charge on any atom is 0.274 e. The number of piperazine rings is 1. The van der Waals surface area contributed by atoms with Crippen molar-refractivity contribution in [3.8, 4) is 17.2 Å². The average molecular weight is 459 g/mol. The van der Waals surface area contributed by atoms with Crippen LogP contribution in [0.3, 0.4) is 0 Å². The van der Waals surface area contributed by atoms with Gasteiger partial charge in [-0.05, 0) is 29.0 Å². The molecule has 1 fully saturated rings. The Labute approximate surface area is 200 Å². The van der Waals surface area contributed by atoms with Crippen molar-refractivity contribution in [3.05, 3.63) is 64.8 Å². The second-order valence-electron chi connectivity index (χ2n) is 9.58. The highest BCUT2D eigenvalue weighted by Gasteiger charge is 2.26. The van der Waals surface area contributed by atoms with E-state index in [9.17, 15) is 10.1 Å². The molecule has 34 heavy (non-hydrogen) atoms. The Balaban J connectivity index is 1.57. The summed E-state index contributed by atoms with van der Waals surface area (Å²) in [5.74, 6) is -0.260. The zero-order valence-corrected chi connectivity index (χ0v) is 20.1. The van der Waals surface area contributed by atoms with E-state index in [1.54, 1.807) is 6.20 Å². The number of rotatable bonds is 5. The molecular formula is C26H30N6O2. The summed E-state index contributed by atoms with van der Waals surface area (Å²) in [5, 5.41) is 20.0. The van der Waals surface area contributed by atoms with Gasteiger partial charge in [-0.3, -0.25) is 9.78 Å². The first kappa shape index (κ1) is 23.5. The number of aryl methyl sites for hydroxylation is 1. The number of nitrogens with zero attached hydrogens (tertiary/aromatic N) is 4. The highest BCUT2D eigenvalue weighted by atomic mass is 16.5. The number of carbonyl (C=O) groups is 1. The molecule has 0 saturated carbocycles. The smallest absolute Gasteiger partial charge is 0.274 e. The topological polar surface area (TPSA) is 107 Å². The van der Waals surface area contributed by atoms with Crippen LogP contribution in [-0.4, -0.2) is 42.2 Å². The maximum atomic E-state index is 12.8. The molecule has 1 aliphatic heterocycles. The summed E-state index contributed by atoms with van der Waals surface area (Å²) in [6.07, 6.45) is 5.00. The number of amides is 1. The summed E-state index contributed by atoms with van der Waals surface area (Å²) in [6, 6.07) is 8.38. The van der Waals surface area contributed by atoms with Gasteiger partial charge in [0.2, 0.25) is 0 Å². The van der Waals surface area contributed by atoms with E-state index < -0.39 is 0 Å². The van der Waals surface area contributed by atoms with Crippen molar-refractivity contribution in [2.24, 2.45) is 0 Å². The van der Waals surface area contributed by atoms with Crippen LogP contribution in [0, 0.1) is 18.3 Å². The number of benzene rings is 1. The number of aromatic nitrogens is 2. The predicted octanol–water partition coefficient (Wildman–Crippen LogP) is 3.55. The Bertz CT molecular complexity index is 1230. The van der Waals surface area contributed by atoms with Crippen LogP contribution in [0.25, 0.3) is 11.1 Å². The van der Waals surface area contributed by atoms with Crippen molar-refractivity contribution in [2.45, 2.75) is 39.7 Å². The van der Waals surface area contributed by atoms with Crippen LogP contribution in [0.1, 0.15) is 53.5 Å². The molecule has 0 aliphatic carbocycles. The van der Waals surface area contributed by atoms with E-state index >= 15 is 0 Å². The van der Waals surface area contributed by atoms with E-state index in [-0.39, 0.29) is 11.3 Å². The molecule has 1 aliphatic rings. The minimum atomic E-state index is -0.260. The van der Waals surface area contributed by atoms with Crippen molar-refractivity contribution in [3.63, 3.8) is 0 Å². The third kappa shape index (κ3) is 4.80. The first-order valence-corrected chi connectivity index (χ1v) is 11.5. The van der Waals surface area contributed by atoms with Crippen LogP contribution in [-0.2, 0) is 12.0 Å². The number of hydrogen-bond acceptors (Lipinski definition) is 7. The molecule has 0 atom stereocenters. The Kier molecular flexibility index (Phi) is 6.66. The quantitative estimate of drug-likeness (QED) is 0.602. The zero-order valence-electron chi connectivity index (χ0n) is 20.1. The van der Waals surface area contributed by atoms with E-state index in [4.69, 9.17) is 4.52 Å². The molecule has 3 aromatic rings. The monoisotopic (exact) mass is 458 g/mol. The van der Waals surface area contributed by atoms with Crippen LogP contribution in [0.5, 0.6) is 0 Å². The van der Waals surface area contributed by atoms with Gasteiger partial charge in [-0.1, -0.05) is 44.1 Å². The average Bonchev–Trinajstić information content (AvgIpc) is 3.34. The minimum absolute atomic E-state index is 0.241. The Morgan fingerprint density at radius 1 is 1.26 bits per heavy atom. The highest BCUT2D eigenvalue weighted by Crippen LogP contribution is 2.34. The van der Waals surface area contributed by atoms with Gasteiger partial charge >= 0.3 is 0 Å². The Morgan fingerprint density at radius 2 is 2.03 bits per heavy atom. The van der Waals surface area contributed by atoms with Crippen LogP contribution >= 0.6 is 0 Å². The summed E-state index contributed by atoms with van der Waals surface area (Å²) in [7, 11) is 0. The molecule has 0 radical (unpaired) electrons. The lowest BCUT2D eigenvalue weighted by Crippen LogP contribution is -2.43. The van der Waals surface area contributed by atoms with Gasteiger partial charge in [-0.2, -0.15) is 5.26 Å². The fraction of sp³-hybridized carbons (Fsp3) is 0.385. The highest BCUT2D eigenvalue weighted by molar-refractivity contribution is 5.93.